The van der Waals surface area contributed by atoms with Gasteiger partial charge in [0.1, 0.15) is 5.65 Å². The van der Waals surface area contributed by atoms with Gasteiger partial charge in [-0.15, -0.1) is 0 Å². The van der Waals surface area contributed by atoms with Gasteiger partial charge < -0.3 is 9.88 Å². The first kappa shape index (κ1) is 11.5. The highest BCUT2D eigenvalue weighted by atomic mass is 15.0. The van der Waals surface area contributed by atoms with E-state index in [1.807, 2.05) is 6.92 Å². The monoisotopic (exact) mass is 263 g/mol. The highest BCUT2D eigenvalue weighted by Crippen LogP contribution is 2.30. The molecule has 3 nitrogen and oxygen atoms in total. The van der Waals surface area contributed by atoms with Gasteiger partial charge in [0.05, 0.1) is 0 Å². The molecule has 0 fully saturated rings. The van der Waals surface area contributed by atoms with Crippen LogP contribution in [0.1, 0.15) is 16.8 Å². The molecule has 0 atom stereocenters. The van der Waals surface area contributed by atoms with Crippen LogP contribution in [-0.2, 0) is 6.42 Å². The molecule has 0 unspecified atom stereocenters. The molecule has 0 saturated heterocycles. The van der Waals surface area contributed by atoms with Crippen LogP contribution in [0.2, 0.25) is 0 Å². The third kappa shape index (κ3) is 1.63. The molecule has 100 valence electrons. The zero-order valence-corrected chi connectivity index (χ0v) is 11.8. The summed E-state index contributed by atoms with van der Waals surface area (Å²) in [5.41, 5.74) is 7.33. The maximum atomic E-state index is 4.68. The second-order valence-corrected chi connectivity index (χ2v) is 5.52. The lowest BCUT2D eigenvalue weighted by atomic mass is 10.1. The van der Waals surface area contributed by atoms with Gasteiger partial charge in [-0.2, -0.15) is 0 Å². The van der Waals surface area contributed by atoms with Gasteiger partial charge >= 0.3 is 0 Å². The summed E-state index contributed by atoms with van der Waals surface area (Å²) in [7, 11) is 0. The fraction of sp³-hybridized carbons (Fsp3) is 0.235. The molecule has 1 aromatic carbocycles. The average molecular weight is 263 g/mol. The summed E-state index contributed by atoms with van der Waals surface area (Å²) >= 11 is 0. The van der Waals surface area contributed by atoms with Gasteiger partial charge in [-0.25, -0.2) is 4.98 Å². The number of hydrogen-bond donors (Lipinski definition) is 1. The lowest BCUT2D eigenvalue weighted by Gasteiger charge is -2.11. The minimum atomic E-state index is 1.04. The van der Waals surface area contributed by atoms with Gasteiger partial charge in [-0.1, -0.05) is 0 Å². The molecule has 1 aliphatic heterocycles. The zero-order valence-electron chi connectivity index (χ0n) is 11.8. The van der Waals surface area contributed by atoms with Gasteiger partial charge in [-0.05, 0) is 61.7 Å². The van der Waals surface area contributed by atoms with Crippen LogP contribution in [0, 0.1) is 13.8 Å². The van der Waals surface area contributed by atoms with Crippen molar-refractivity contribution in [3.05, 3.63) is 53.3 Å². The first-order valence-electron chi connectivity index (χ1n) is 7.05. The van der Waals surface area contributed by atoms with E-state index in [2.05, 4.69) is 58.3 Å². The van der Waals surface area contributed by atoms with Crippen molar-refractivity contribution in [1.82, 2.24) is 9.55 Å². The van der Waals surface area contributed by atoms with Gasteiger partial charge in [0.2, 0.25) is 0 Å². The number of benzene rings is 1. The van der Waals surface area contributed by atoms with E-state index in [0.29, 0.717) is 0 Å². The summed E-state index contributed by atoms with van der Waals surface area (Å²) in [6.07, 6.45) is 3.22. The summed E-state index contributed by atoms with van der Waals surface area (Å²) in [6.45, 7) is 5.25. The van der Waals surface area contributed by atoms with Crippen molar-refractivity contribution < 1.29 is 0 Å². The van der Waals surface area contributed by atoms with Crippen LogP contribution in [0.5, 0.6) is 0 Å². The summed E-state index contributed by atoms with van der Waals surface area (Å²) < 4.78 is 2.19. The molecule has 4 rings (SSSR count). The van der Waals surface area contributed by atoms with E-state index in [0.717, 1.165) is 24.3 Å². The largest absolute Gasteiger partial charge is 0.384 e. The second-order valence-electron chi connectivity index (χ2n) is 5.52. The molecule has 0 bridgehead atoms. The van der Waals surface area contributed by atoms with Gasteiger partial charge in [-0.3, -0.25) is 0 Å². The van der Waals surface area contributed by atoms with Crippen molar-refractivity contribution in [1.29, 1.82) is 0 Å². The lowest BCUT2D eigenvalue weighted by molar-refractivity contribution is 1.06. The minimum Gasteiger partial charge on any atom is -0.384 e. The molecule has 3 heterocycles. The fourth-order valence-corrected chi connectivity index (χ4v) is 3.06. The number of aromatic nitrogens is 2. The van der Waals surface area contributed by atoms with E-state index in [1.165, 1.54) is 27.9 Å². The van der Waals surface area contributed by atoms with Crippen LogP contribution in [0.3, 0.4) is 0 Å². The zero-order chi connectivity index (χ0) is 13.7. The average Bonchev–Trinajstić information content (AvgIpc) is 3.04. The van der Waals surface area contributed by atoms with Crippen LogP contribution in [0.25, 0.3) is 16.7 Å². The molecular weight excluding hydrogens is 246 g/mol. The molecule has 2 aromatic heterocycles. The van der Waals surface area contributed by atoms with Crippen molar-refractivity contribution >= 4 is 16.7 Å². The summed E-state index contributed by atoms with van der Waals surface area (Å²) in [5.74, 6) is 0. The Balaban J connectivity index is 1.95. The van der Waals surface area contributed by atoms with E-state index in [4.69, 9.17) is 0 Å². The molecular formula is C17H17N3. The number of anilines is 1. The van der Waals surface area contributed by atoms with Crippen LogP contribution < -0.4 is 5.32 Å². The quantitative estimate of drug-likeness (QED) is 0.727. The first-order chi connectivity index (χ1) is 9.72. The molecule has 3 heteroatoms. The second kappa shape index (κ2) is 4.10. The first-order valence-corrected chi connectivity index (χ1v) is 7.05. The van der Waals surface area contributed by atoms with Crippen LogP contribution in [0.4, 0.5) is 5.69 Å². The normalized spacial score (nSPS) is 13.5. The number of nitrogens with one attached hydrogen (secondary N) is 1. The van der Waals surface area contributed by atoms with Crippen LogP contribution >= 0.6 is 0 Å². The molecule has 0 aliphatic carbocycles. The topological polar surface area (TPSA) is 29.9 Å². The Labute approximate surface area is 118 Å². The van der Waals surface area contributed by atoms with E-state index in [9.17, 15) is 0 Å². The SMILES string of the molecule is Cc1ccc2ccn(-c3cc(C)c4c(c3)CCN4)c2n1. The van der Waals surface area contributed by atoms with Crippen LogP contribution in [0.15, 0.2) is 36.5 Å². The Morgan fingerprint density at radius 3 is 2.95 bits per heavy atom. The smallest absolute Gasteiger partial charge is 0.144 e. The number of fused-ring (bicyclic) bond motifs is 2. The third-order valence-corrected chi connectivity index (χ3v) is 4.05. The van der Waals surface area contributed by atoms with Crippen LogP contribution in [-0.4, -0.2) is 16.1 Å². The van der Waals surface area contributed by atoms with Gasteiger partial charge in [0.25, 0.3) is 0 Å². The molecule has 0 saturated carbocycles. The number of hydrogen-bond acceptors (Lipinski definition) is 2. The van der Waals surface area contributed by atoms with Crippen molar-refractivity contribution in [2.24, 2.45) is 0 Å². The number of nitrogens with zero attached hydrogens (tertiary/aromatic N) is 2. The Hall–Kier alpha value is -2.29. The van der Waals surface area contributed by atoms with E-state index in [-0.39, 0.29) is 0 Å². The van der Waals surface area contributed by atoms with Crippen molar-refractivity contribution in [2.45, 2.75) is 20.3 Å². The Morgan fingerprint density at radius 2 is 2.05 bits per heavy atom. The number of rotatable bonds is 1. The molecule has 1 N–H and O–H groups in total. The minimum absolute atomic E-state index is 1.04. The maximum absolute atomic E-state index is 4.68. The van der Waals surface area contributed by atoms with E-state index < -0.39 is 0 Å². The summed E-state index contributed by atoms with van der Waals surface area (Å²) in [5, 5.41) is 4.65. The Bertz CT molecular complexity index is 814. The summed E-state index contributed by atoms with van der Waals surface area (Å²) in [6, 6.07) is 10.8. The molecule has 3 aromatic rings. The van der Waals surface area contributed by atoms with E-state index in [1.54, 1.807) is 0 Å². The maximum Gasteiger partial charge on any atom is 0.144 e. The Morgan fingerprint density at radius 1 is 1.15 bits per heavy atom. The summed E-state index contributed by atoms with van der Waals surface area (Å²) in [4.78, 5) is 4.68. The van der Waals surface area contributed by atoms with Crippen molar-refractivity contribution in [2.75, 3.05) is 11.9 Å². The standard InChI is InChI=1S/C17H17N3/c1-11-9-15(10-14-5-7-18-16(11)14)20-8-6-13-4-3-12(2)19-17(13)20/h3-4,6,8-10,18H,5,7H2,1-2H3. The van der Waals surface area contributed by atoms with Crippen molar-refractivity contribution in [3.8, 4) is 5.69 Å². The highest BCUT2D eigenvalue weighted by molar-refractivity contribution is 5.79. The lowest BCUT2D eigenvalue weighted by Crippen LogP contribution is -1.97. The van der Waals surface area contributed by atoms with Crippen molar-refractivity contribution in [3.63, 3.8) is 0 Å². The molecule has 0 spiro atoms. The predicted octanol–water partition coefficient (Wildman–Crippen LogP) is 3.61. The molecule has 20 heavy (non-hydrogen) atoms. The molecule has 0 radical (unpaired) electrons. The highest BCUT2D eigenvalue weighted by Gasteiger charge is 2.15. The van der Waals surface area contributed by atoms with E-state index >= 15 is 0 Å². The molecule has 0 amide bonds. The van der Waals surface area contributed by atoms with Gasteiger partial charge in [0, 0.05) is 35.2 Å². The number of aryl methyl sites for hydroxylation is 2. The van der Waals surface area contributed by atoms with Gasteiger partial charge in [0.15, 0.2) is 0 Å². The Kier molecular flexibility index (Phi) is 2.36. The number of pyridine rings is 1. The third-order valence-electron chi connectivity index (χ3n) is 4.05. The molecule has 1 aliphatic rings. The predicted molar refractivity (Wildman–Crippen MR) is 82.7 cm³/mol. The fourth-order valence-electron chi connectivity index (χ4n) is 3.06.